The zero-order valence-electron chi connectivity index (χ0n) is 17.1. The lowest BCUT2D eigenvalue weighted by molar-refractivity contribution is 0.0742. The summed E-state index contributed by atoms with van der Waals surface area (Å²) in [4.78, 5) is 17.4. The third kappa shape index (κ3) is 4.60. The van der Waals surface area contributed by atoms with Crippen LogP contribution in [0.5, 0.6) is 5.75 Å². The maximum Gasteiger partial charge on any atom is 0.257 e. The first kappa shape index (κ1) is 20.3. The van der Waals surface area contributed by atoms with Crippen LogP contribution in [0.15, 0.2) is 72.8 Å². The number of para-hydroxylation sites is 1. The number of piperazine rings is 1. The second kappa shape index (κ2) is 9.23. The summed E-state index contributed by atoms with van der Waals surface area (Å²) in [6.07, 6.45) is 0. The topological polar surface area (TPSA) is 32.8 Å². The van der Waals surface area contributed by atoms with Gasteiger partial charge in [-0.15, -0.1) is 0 Å². The van der Waals surface area contributed by atoms with Gasteiger partial charge < -0.3 is 14.5 Å². The normalized spacial score (nSPS) is 13.9. The van der Waals surface area contributed by atoms with E-state index < -0.39 is 0 Å². The highest BCUT2D eigenvalue weighted by Crippen LogP contribution is 2.27. The van der Waals surface area contributed by atoms with Crippen LogP contribution >= 0.6 is 11.6 Å². The number of halogens is 1. The Kier molecular flexibility index (Phi) is 6.24. The number of nitrogens with zero attached hydrogens (tertiary/aromatic N) is 2. The van der Waals surface area contributed by atoms with Crippen molar-refractivity contribution < 1.29 is 9.53 Å². The minimum Gasteiger partial charge on any atom is -0.488 e. The summed E-state index contributed by atoms with van der Waals surface area (Å²) >= 11 is 6.18. The van der Waals surface area contributed by atoms with E-state index in [0.717, 1.165) is 29.4 Å². The molecular weight excluding hydrogens is 396 g/mol. The van der Waals surface area contributed by atoms with E-state index in [-0.39, 0.29) is 5.91 Å². The second-order valence-electron chi connectivity index (χ2n) is 7.48. The van der Waals surface area contributed by atoms with Crippen LogP contribution in [-0.4, -0.2) is 37.0 Å². The standard InChI is InChI=1S/C25H25ClN2O2/c1-19-11-12-21(26)17-23(19)27-13-15-28(16-14-27)25(29)22-9-5-6-10-24(22)30-18-20-7-3-2-4-8-20/h2-12,17H,13-16,18H2,1H3. The largest absolute Gasteiger partial charge is 0.488 e. The number of aryl methyl sites for hydroxylation is 1. The van der Waals surface area contributed by atoms with E-state index in [9.17, 15) is 4.79 Å². The Hall–Kier alpha value is -2.98. The van der Waals surface area contributed by atoms with E-state index in [1.807, 2.05) is 77.7 Å². The van der Waals surface area contributed by atoms with Crippen molar-refractivity contribution in [1.29, 1.82) is 0 Å². The molecule has 4 nitrogen and oxygen atoms in total. The molecule has 30 heavy (non-hydrogen) atoms. The van der Waals surface area contributed by atoms with E-state index in [2.05, 4.69) is 11.8 Å². The van der Waals surface area contributed by atoms with Crippen LogP contribution in [0.3, 0.4) is 0 Å². The maximum atomic E-state index is 13.2. The van der Waals surface area contributed by atoms with Crippen LogP contribution in [0.4, 0.5) is 5.69 Å². The van der Waals surface area contributed by atoms with Crippen molar-refractivity contribution in [2.24, 2.45) is 0 Å². The zero-order chi connectivity index (χ0) is 20.9. The molecule has 1 fully saturated rings. The summed E-state index contributed by atoms with van der Waals surface area (Å²) in [7, 11) is 0. The fourth-order valence-corrected chi connectivity index (χ4v) is 3.91. The number of hydrogen-bond acceptors (Lipinski definition) is 3. The molecule has 0 radical (unpaired) electrons. The van der Waals surface area contributed by atoms with Gasteiger partial charge in [0.2, 0.25) is 0 Å². The third-order valence-electron chi connectivity index (χ3n) is 5.43. The summed E-state index contributed by atoms with van der Waals surface area (Å²) in [5.41, 5.74) is 4.02. The van der Waals surface area contributed by atoms with Crippen LogP contribution in [0.25, 0.3) is 0 Å². The molecule has 0 aromatic heterocycles. The van der Waals surface area contributed by atoms with Gasteiger partial charge in [-0.1, -0.05) is 60.1 Å². The molecule has 0 atom stereocenters. The molecule has 0 bridgehead atoms. The Morgan fingerprint density at radius 1 is 0.933 bits per heavy atom. The molecule has 1 aliphatic rings. The number of carbonyl (C=O) groups excluding carboxylic acids is 1. The maximum absolute atomic E-state index is 13.2. The van der Waals surface area contributed by atoms with Gasteiger partial charge in [-0.05, 0) is 42.3 Å². The number of ether oxygens (including phenoxy) is 1. The monoisotopic (exact) mass is 420 g/mol. The van der Waals surface area contributed by atoms with E-state index in [0.29, 0.717) is 31.0 Å². The lowest BCUT2D eigenvalue weighted by Gasteiger charge is -2.37. The molecule has 0 spiro atoms. The molecule has 1 heterocycles. The highest BCUT2D eigenvalue weighted by molar-refractivity contribution is 6.30. The summed E-state index contributed by atoms with van der Waals surface area (Å²) in [5, 5.41) is 0.735. The SMILES string of the molecule is Cc1ccc(Cl)cc1N1CCN(C(=O)c2ccccc2OCc2ccccc2)CC1. The first-order valence-electron chi connectivity index (χ1n) is 10.2. The summed E-state index contributed by atoms with van der Waals surface area (Å²) in [5.74, 6) is 0.639. The van der Waals surface area contributed by atoms with Crippen molar-refractivity contribution in [3.8, 4) is 5.75 Å². The minimum atomic E-state index is 0.0149. The number of benzene rings is 3. The summed E-state index contributed by atoms with van der Waals surface area (Å²) in [6.45, 7) is 5.41. The van der Waals surface area contributed by atoms with Crippen LogP contribution < -0.4 is 9.64 Å². The van der Waals surface area contributed by atoms with Gasteiger partial charge in [0.15, 0.2) is 0 Å². The molecule has 0 N–H and O–H groups in total. The Balaban J connectivity index is 1.42. The molecule has 1 aliphatic heterocycles. The van der Waals surface area contributed by atoms with Crippen molar-refractivity contribution >= 4 is 23.2 Å². The third-order valence-corrected chi connectivity index (χ3v) is 5.67. The summed E-state index contributed by atoms with van der Waals surface area (Å²) < 4.78 is 5.98. The molecule has 4 rings (SSSR count). The molecule has 0 unspecified atom stereocenters. The summed E-state index contributed by atoms with van der Waals surface area (Å²) in [6, 6.07) is 23.4. The lowest BCUT2D eigenvalue weighted by Crippen LogP contribution is -2.49. The van der Waals surface area contributed by atoms with E-state index in [4.69, 9.17) is 16.3 Å². The van der Waals surface area contributed by atoms with Gasteiger partial charge >= 0.3 is 0 Å². The van der Waals surface area contributed by atoms with Crippen LogP contribution in [0, 0.1) is 6.92 Å². The van der Waals surface area contributed by atoms with Gasteiger partial charge in [0, 0.05) is 36.9 Å². The van der Waals surface area contributed by atoms with Crippen molar-refractivity contribution in [3.05, 3.63) is 94.5 Å². The highest BCUT2D eigenvalue weighted by Gasteiger charge is 2.25. The molecule has 3 aromatic rings. The molecular formula is C25H25ClN2O2. The Labute approximate surface area is 182 Å². The zero-order valence-corrected chi connectivity index (χ0v) is 17.8. The molecule has 154 valence electrons. The lowest BCUT2D eigenvalue weighted by atomic mass is 10.1. The Morgan fingerprint density at radius 2 is 1.63 bits per heavy atom. The second-order valence-corrected chi connectivity index (χ2v) is 7.92. The van der Waals surface area contributed by atoms with Gasteiger partial charge in [0.25, 0.3) is 5.91 Å². The van der Waals surface area contributed by atoms with Gasteiger partial charge in [-0.25, -0.2) is 0 Å². The van der Waals surface area contributed by atoms with Crippen molar-refractivity contribution in [2.45, 2.75) is 13.5 Å². The van der Waals surface area contributed by atoms with Crippen molar-refractivity contribution in [2.75, 3.05) is 31.1 Å². The van der Waals surface area contributed by atoms with Gasteiger partial charge in [0.05, 0.1) is 5.56 Å². The highest BCUT2D eigenvalue weighted by atomic mass is 35.5. The average Bonchev–Trinajstić information content (AvgIpc) is 2.80. The fraction of sp³-hybridized carbons (Fsp3) is 0.240. The van der Waals surface area contributed by atoms with Gasteiger partial charge in [-0.2, -0.15) is 0 Å². The van der Waals surface area contributed by atoms with Gasteiger partial charge in [0.1, 0.15) is 12.4 Å². The smallest absolute Gasteiger partial charge is 0.257 e. The first-order chi connectivity index (χ1) is 14.6. The molecule has 0 saturated carbocycles. The molecule has 0 aliphatic carbocycles. The van der Waals surface area contributed by atoms with Crippen LogP contribution in [-0.2, 0) is 6.61 Å². The van der Waals surface area contributed by atoms with Crippen LogP contribution in [0.1, 0.15) is 21.5 Å². The van der Waals surface area contributed by atoms with E-state index in [1.54, 1.807) is 0 Å². The Bertz CT molecular complexity index is 1010. The number of carbonyl (C=O) groups is 1. The van der Waals surface area contributed by atoms with E-state index in [1.165, 1.54) is 5.56 Å². The molecule has 1 saturated heterocycles. The number of hydrogen-bond donors (Lipinski definition) is 0. The molecule has 5 heteroatoms. The molecule has 3 aromatic carbocycles. The van der Waals surface area contributed by atoms with Gasteiger partial charge in [-0.3, -0.25) is 4.79 Å². The fourth-order valence-electron chi connectivity index (χ4n) is 3.75. The minimum absolute atomic E-state index is 0.0149. The number of amides is 1. The average molecular weight is 421 g/mol. The predicted octanol–water partition coefficient (Wildman–Crippen LogP) is 5.19. The van der Waals surface area contributed by atoms with Crippen LogP contribution in [0.2, 0.25) is 5.02 Å². The van der Waals surface area contributed by atoms with Crippen molar-refractivity contribution in [1.82, 2.24) is 4.90 Å². The predicted molar refractivity (Wildman–Crippen MR) is 122 cm³/mol. The van der Waals surface area contributed by atoms with Crippen molar-refractivity contribution in [3.63, 3.8) is 0 Å². The Morgan fingerprint density at radius 3 is 2.40 bits per heavy atom. The molecule has 1 amide bonds. The number of rotatable bonds is 5. The number of anilines is 1. The van der Waals surface area contributed by atoms with E-state index >= 15 is 0 Å². The first-order valence-corrected chi connectivity index (χ1v) is 10.6. The quantitative estimate of drug-likeness (QED) is 0.569.